The van der Waals surface area contributed by atoms with Crippen LogP contribution >= 0.6 is 0 Å². The third-order valence-corrected chi connectivity index (χ3v) is 5.12. The average molecular weight is 314 g/mol. The van der Waals surface area contributed by atoms with E-state index in [0.717, 1.165) is 19.3 Å². The lowest BCUT2D eigenvalue weighted by Gasteiger charge is -2.43. The van der Waals surface area contributed by atoms with Crippen LogP contribution in [0.4, 0.5) is 8.78 Å². The first kappa shape index (κ1) is 16.1. The molecule has 20 heavy (non-hydrogen) atoms. The highest BCUT2D eigenvalue weighted by Gasteiger charge is 2.64. The summed E-state index contributed by atoms with van der Waals surface area (Å²) < 4.78 is 70.1. The van der Waals surface area contributed by atoms with Crippen LogP contribution < -0.4 is 0 Å². The predicted octanol–water partition coefficient (Wildman–Crippen LogP) is 2.37. The first-order chi connectivity index (χ1) is 9.29. The third-order valence-electron chi connectivity index (χ3n) is 4.10. The van der Waals surface area contributed by atoms with Crippen LogP contribution in [0.15, 0.2) is 0 Å². The van der Waals surface area contributed by atoms with Crippen LogP contribution in [0.3, 0.4) is 0 Å². The molecule has 0 bridgehead atoms. The molecule has 1 saturated heterocycles. The van der Waals surface area contributed by atoms with E-state index in [1.54, 1.807) is 0 Å². The van der Waals surface area contributed by atoms with Crippen LogP contribution in [0.1, 0.15) is 44.9 Å². The molecule has 0 atom stereocenters. The van der Waals surface area contributed by atoms with Crippen molar-refractivity contribution in [1.82, 2.24) is 0 Å². The summed E-state index contributed by atoms with van der Waals surface area (Å²) in [5.41, 5.74) is -2.18. The van der Waals surface area contributed by atoms with Gasteiger partial charge in [-0.2, -0.15) is 17.2 Å². The topological polar surface area (TPSA) is 72.8 Å². The maximum Gasteiger partial charge on any atom is 0.398 e. The van der Waals surface area contributed by atoms with E-state index in [1.807, 2.05) is 0 Å². The second-order valence-electron chi connectivity index (χ2n) is 5.48. The number of hydrogen-bond acceptors (Lipinski definition) is 4. The quantitative estimate of drug-likeness (QED) is 0.807. The van der Waals surface area contributed by atoms with Crippen LogP contribution in [0.25, 0.3) is 0 Å². The summed E-state index contributed by atoms with van der Waals surface area (Å²) in [4.78, 5) is 0. The molecule has 0 aromatic heterocycles. The van der Waals surface area contributed by atoms with Gasteiger partial charge in [-0.05, 0) is 12.8 Å². The van der Waals surface area contributed by atoms with Crippen molar-refractivity contribution in [3.63, 3.8) is 0 Å². The second-order valence-corrected chi connectivity index (χ2v) is 6.94. The number of alkyl halides is 2. The summed E-state index contributed by atoms with van der Waals surface area (Å²) in [5.74, 6) is 0. The molecule has 2 fully saturated rings. The fraction of sp³-hybridized carbons (Fsp3) is 1.00. The molecule has 5 nitrogen and oxygen atoms in total. The first-order valence-electron chi connectivity index (χ1n) is 6.89. The molecule has 1 aliphatic heterocycles. The first-order valence-corrected chi connectivity index (χ1v) is 8.33. The molecule has 1 heterocycles. The van der Waals surface area contributed by atoms with Crippen LogP contribution in [0.2, 0.25) is 0 Å². The van der Waals surface area contributed by atoms with E-state index in [1.165, 1.54) is 0 Å². The minimum absolute atomic E-state index is 0.00215. The van der Waals surface area contributed by atoms with Gasteiger partial charge >= 0.3 is 15.4 Å². The van der Waals surface area contributed by atoms with E-state index < -0.39 is 21.0 Å². The van der Waals surface area contributed by atoms with Crippen molar-refractivity contribution in [1.29, 1.82) is 0 Å². The Labute approximate surface area is 117 Å². The molecule has 0 aromatic carbocycles. The number of halogens is 2. The highest BCUT2D eigenvalue weighted by Crippen LogP contribution is 2.45. The van der Waals surface area contributed by atoms with Gasteiger partial charge in [-0.1, -0.05) is 19.3 Å². The molecule has 0 aromatic rings. The van der Waals surface area contributed by atoms with Crippen molar-refractivity contribution in [3.8, 4) is 0 Å². The van der Waals surface area contributed by atoms with Gasteiger partial charge in [-0.15, -0.1) is 0 Å². The normalized spacial score (nSPS) is 25.6. The molecule has 1 aliphatic carbocycles. The zero-order chi connectivity index (χ0) is 14.9. The van der Waals surface area contributed by atoms with Gasteiger partial charge in [-0.25, -0.2) is 0 Å². The molecule has 2 aliphatic rings. The summed E-state index contributed by atoms with van der Waals surface area (Å²) >= 11 is 0. The van der Waals surface area contributed by atoms with Gasteiger partial charge in [-0.3, -0.25) is 4.55 Å². The summed E-state index contributed by atoms with van der Waals surface area (Å²) in [6.07, 6.45) is 3.23. The average Bonchev–Trinajstić information content (AvgIpc) is 2.39. The Kier molecular flexibility index (Phi) is 4.68. The molecule has 0 unspecified atom stereocenters. The lowest BCUT2D eigenvalue weighted by atomic mass is 9.91. The van der Waals surface area contributed by atoms with Crippen molar-refractivity contribution in [2.24, 2.45) is 0 Å². The Bertz CT molecular complexity index is 425. The minimum Gasteiger partial charge on any atom is -0.381 e. The Morgan fingerprint density at radius 1 is 1.15 bits per heavy atom. The van der Waals surface area contributed by atoms with Gasteiger partial charge < -0.3 is 9.47 Å². The Balaban J connectivity index is 2.25. The monoisotopic (exact) mass is 314 g/mol. The standard InChI is InChI=1S/C12H20F2O5S/c13-12(14,20(15,16)17)11(6-8-18-9-7-11)19-10-4-2-1-3-5-10/h10H,1-9H2,(H,15,16,17). The number of hydrogen-bond donors (Lipinski definition) is 1. The van der Waals surface area contributed by atoms with Crippen molar-refractivity contribution < 1.29 is 31.2 Å². The second kappa shape index (κ2) is 5.82. The van der Waals surface area contributed by atoms with Crippen molar-refractivity contribution in [2.75, 3.05) is 13.2 Å². The van der Waals surface area contributed by atoms with Gasteiger partial charge in [0.2, 0.25) is 0 Å². The lowest BCUT2D eigenvalue weighted by Crippen LogP contribution is -2.58. The minimum atomic E-state index is -5.53. The Morgan fingerprint density at radius 2 is 1.70 bits per heavy atom. The van der Waals surface area contributed by atoms with Crippen LogP contribution in [-0.2, 0) is 19.6 Å². The molecular weight excluding hydrogens is 294 g/mol. The van der Waals surface area contributed by atoms with Gasteiger partial charge in [0.1, 0.15) is 0 Å². The fourth-order valence-corrected chi connectivity index (χ4v) is 3.64. The van der Waals surface area contributed by atoms with E-state index in [2.05, 4.69) is 0 Å². The summed E-state index contributed by atoms with van der Waals surface area (Å²) in [5, 5.41) is -4.32. The molecule has 1 saturated carbocycles. The molecule has 2 rings (SSSR count). The van der Waals surface area contributed by atoms with Gasteiger partial charge in [0.25, 0.3) is 0 Å². The maximum absolute atomic E-state index is 14.2. The van der Waals surface area contributed by atoms with Crippen molar-refractivity contribution in [3.05, 3.63) is 0 Å². The van der Waals surface area contributed by atoms with E-state index in [0.29, 0.717) is 12.8 Å². The van der Waals surface area contributed by atoms with E-state index >= 15 is 0 Å². The lowest BCUT2D eigenvalue weighted by molar-refractivity contribution is -0.228. The summed E-state index contributed by atoms with van der Waals surface area (Å²) in [7, 11) is -5.53. The predicted molar refractivity (Wildman–Crippen MR) is 67.2 cm³/mol. The molecular formula is C12H20F2O5S. The van der Waals surface area contributed by atoms with E-state index in [9.17, 15) is 17.2 Å². The van der Waals surface area contributed by atoms with Crippen LogP contribution in [0.5, 0.6) is 0 Å². The van der Waals surface area contributed by atoms with Crippen molar-refractivity contribution >= 4 is 10.1 Å². The van der Waals surface area contributed by atoms with Crippen LogP contribution in [-0.4, -0.2) is 43.1 Å². The number of ether oxygens (including phenoxy) is 2. The summed E-state index contributed by atoms with van der Waals surface area (Å²) in [6, 6.07) is 0. The largest absolute Gasteiger partial charge is 0.398 e. The maximum atomic E-state index is 14.2. The zero-order valence-electron chi connectivity index (χ0n) is 11.2. The molecule has 0 spiro atoms. The molecule has 0 amide bonds. The summed E-state index contributed by atoms with van der Waals surface area (Å²) in [6.45, 7) is -0.00431. The highest BCUT2D eigenvalue weighted by atomic mass is 32.2. The highest BCUT2D eigenvalue weighted by molar-refractivity contribution is 7.87. The Hall–Kier alpha value is -0.310. The van der Waals surface area contributed by atoms with Crippen molar-refractivity contribution in [2.45, 2.75) is 61.9 Å². The number of rotatable bonds is 4. The fourth-order valence-electron chi connectivity index (χ4n) is 2.92. The van der Waals surface area contributed by atoms with E-state index in [-0.39, 0.29) is 32.2 Å². The zero-order valence-corrected chi connectivity index (χ0v) is 12.0. The molecule has 1 N–H and O–H groups in total. The molecule has 0 radical (unpaired) electrons. The van der Waals surface area contributed by atoms with Gasteiger partial charge in [0.15, 0.2) is 5.60 Å². The Morgan fingerprint density at radius 3 is 2.20 bits per heavy atom. The molecule has 118 valence electrons. The third kappa shape index (κ3) is 2.98. The SMILES string of the molecule is O=S(=O)(O)C(F)(F)C1(OC2CCCCC2)CCOCC1. The van der Waals surface area contributed by atoms with Crippen LogP contribution in [0, 0.1) is 0 Å². The smallest absolute Gasteiger partial charge is 0.381 e. The molecule has 8 heteroatoms. The van der Waals surface area contributed by atoms with Gasteiger partial charge in [0, 0.05) is 26.1 Å². The van der Waals surface area contributed by atoms with Gasteiger partial charge in [0.05, 0.1) is 6.10 Å². The van der Waals surface area contributed by atoms with E-state index in [4.69, 9.17) is 14.0 Å².